The summed E-state index contributed by atoms with van der Waals surface area (Å²) in [5, 5.41) is 23.2. The summed E-state index contributed by atoms with van der Waals surface area (Å²) in [4.78, 5) is 132. The monoisotopic (exact) mass is 934 g/mol. The lowest BCUT2D eigenvalue weighted by atomic mass is 9.73. The molecule has 0 aromatic rings. The van der Waals surface area contributed by atoms with E-state index in [9.17, 15) is 53.1 Å². The number of ether oxygens (including phenoxy) is 2. The number of esters is 2. The van der Waals surface area contributed by atoms with Gasteiger partial charge in [0, 0.05) is 45.0 Å². The molecule has 20 heteroatoms. The Bertz CT molecular complexity index is 1780. The van der Waals surface area contributed by atoms with Gasteiger partial charge in [0.1, 0.15) is 42.4 Å². The van der Waals surface area contributed by atoms with Crippen molar-refractivity contribution in [3.8, 4) is 0 Å². The van der Waals surface area contributed by atoms with Gasteiger partial charge >= 0.3 is 17.9 Å². The molecule has 1 aliphatic rings. The van der Waals surface area contributed by atoms with E-state index in [0.717, 1.165) is 4.90 Å². The number of likely N-dealkylation sites (N-methyl/N-ethyl adjacent to an activating group) is 1. The van der Waals surface area contributed by atoms with E-state index in [1.54, 1.807) is 41.5 Å². The molecule has 0 aliphatic heterocycles. The highest BCUT2D eigenvalue weighted by Gasteiger charge is 2.38. The lowest BCUT2D eigenvalue weighted by Crippen LogP contribution is -2.59. The number of Topliss-reactive ketones (excluding diaryl/α,β-unsaturated/α-hetero) is 2. The highest BCUT2D eigenvalue weighted by Crippen LogP contribution is 2.34. The molecule has 20 nitrogen and oxygen atoms in total. The third-order valence-electron chi connectivity index (χ3n) is 10.8. The van der Waals surface area contributed by atoms with Crippen molar-refractivity contribution in [3.63, 3.8) is 0 Å². The van der Waals surface area contributed by atoms with Crippen molar-refractivity contribution < 1.29 is 62.5 Å². The van der Waals surface area contributed by atoms with Crippen molar-refractivity contribution in [2.45, 2.75) is 169 Å². The number of carbonyl (C=O) groups is 10. The average molecular weight is 934 g/mol. The molecule has 372 valence electrons. The first-order valence-corrected chi connectivity index (χ1v) is 22.6. The van der Waals surface area contributed by atoms with Crippen LogP contribution in [-0.4, -0.2) is 132 Å². The number of ketones is 2. The third kappa shape index (κ3) is 20.7. The number of carboxylic acids is 1. The molecule has 0 aromatic heterocycles. The van der Waals surface area contributed by atoms with Crippen LogP contribution in [0.4, 0.5) is 0 Å². The fourth-order valence-corrected chi connectivity index (χ4v) is 7.17. The van der Waals surface area contributed by atoms with Gasteiger partial charge in [-0.1, -0.05) is 46.8 Å². The molecule has 0 radical (unpaired) electrons. The minimum Gasteiger partial charge on any atom is -0.480 e. The molecule has 8 N–H and O–H groups in total. The molecule has 0 aromatic carbocycles. The maximum atomic E-state index is 14.0. The normalized spacial score (nSPS) is 16.2. The topological polar surface area (TPSA) is 299 Å². The maximum Gasteiger partial charge on any atom is 0.326 e. The summed E-state index contributed by atoms with van der Waals surface area (Å²) in [6.07, 6.45) is 2.02. The van der Waals surface area contributed by atoms with Crippen LogP contribution in [0.5, 0.6) is 0 Å². The van der Waals surface area contributed by atoms with Crippen molar-refractivity contribution in [3.05, 3.63) is 23.9 Å². The molecule has 0 heterocycles. The summed E-state index contributed by atoms with van der Waals surface area (Å²) in [5.74, 6) is -7.81. The Kier molecular flexibility index (Phi) is 24.5. The molecule has 0 unspecified atom stereocenters. The smallest absolute Gasteiger partial charge is 0.326 e. The number of carbonyl (C=O) groups excluding carboxylic acids is 9. The van der Waals surface area contributed by atoms with Gasteiger partial charge < -0.3 is 51.8 Å². The van der Waals surface area contributed by atoms with E-state index in [-0.39, 0.29) is 68.8 Å². The number of nitrogens with two attached hydrogens (primary N) is 1. The molecular weight excluding hydrogens is 859 g/mol. The molecule has 0 spiro atoms. The number of nitrogens with zero attached hydrogens (tertiary/aromatic N) is 1. The van der Waals surface area contributed by atoms with E-state index in [4.69, 9.17) is 15.2 Å². The molecular formula is C46H75N7O13. The first kappa shape index (κ1) is 58.4. The van der Waals surface area contributed by atoms with E-state index in [1.807, 2.05) is 13.8 Å². The number of nitrogens with one attached hydrogen (secondary N) is 5. The predicted octanol–water partition coefficient (Wildman–Crippen LogP) is 1.88. The van der Waals surface area contributed by atoms with Crippen molar-refractivity contribution in [2.75, 3.05) is 26.7 Å². The number of rotatable bonds is 28. The summed E-state index contributed by atoms with van der Waals surface area (Å²) in [6.45, 7) is 18.8. The SMILES string of the molecule is C=CCOC(=O)CC[C@H](NC(=O)CCCN)C(=O)N[C@@H](CC(=O)OC(C)(C)C)C(=O)N[C@@H](C)C(=O)N[C@@H](CCCCNC(C)=C1C(=O)CC(C)(C)CC1=O)C(=O)N(C)[C@H](C(=O)O)[C@@H](C)CC. The molecule has 5 amide bonds. The number of unbranched alkanes of at least 4 members (excludes halogenated alkanes) is 1. The van der Waals surface area contributed by atoms with Crippen LogP contribution in [0, 0.1) is 11.3 Å². The summed E-state index contributed by atoms with van der Waals surface area (Å²) < 4.78 is 10.4. The molecule has 1 rings (SSSR count). The second kappa shape index (κ2) is 27.7. The number of allylic oxidation sites excluding steroid dienone is 2. The number of carboxylic acid groups (broad SMARTS) is 1. The van der Waals surface area contributed by atoms with Crippen LogP contribution in [0.2, 0.25) is 0 Å². The zero-order valence-corrected chi connectivity index (χ0v) is 40.5. The summed E-state index contributed by atoms with van der Waals surface area (Å²) >= 11 is 0. The van der Waals surface area contributed by atoms with Crippen LogP contribution in [-0.2, 0) is 57.4 Å². The number of amides is 5. The van der Waals surface area contributed by atoms with Crippen molar-refractivity contribution in [2.24, 2.45) is 17.1 Å². The Morgan fingerprint density at radius 2 is 1.44 bits per heavy atom. The van der Waals surface area contributed by atoms with Gasteiger partial charge in [-0.15, -0.1) is 0 Å². The Hall–Kier alpha value is -5.66. The molecule has 1 fully saturated rings. The van der Waals surface area contributed by atoms with E-state index in [0.29, 0.717) is 37.9 Å². The zero-order chi connectivity index (χ0) is 50.5. The largest absolute Gasteiger partial charge is 0.480 e. The van der Waals surface area contributed by atoms with Gasteiger partial charge in [0.15, 0.2) is 11.6 Å². The van der Waals surface area contributed by atoms with E-state index in [2.05, 4.69) is 33.2 Å². The highest BCUT2D eigenvalue weighted by molar-refractivity contribution is 6.22. The molecule has 66 heavy (non-hydrogen) atoms. The fourth-order valence-electron chi connectivity index (χ4n) is 7.17. The second-order valence-electron chi connectivity index (χ2n) is 18.6. The van der Waals surface area contributed by atoms with Gasteiger partial charge in [0.05, 0.1) is 12.0 Å². The molecule has 1 aliphatic carbocycles. The summed E-state index contributed by atoms with van der Waals surface area (Å²) in [7, 11) is 1.33. The van der Waals surface area contributed by atoms with Crippen LogP contribution in [0.3, 0.4) is 0 Å². The molecule has 0 bridgehead atoms. The minimum absolute atomic E-state index is 0.0304. The minimum atomic E-state index is -1.66. The summed E-state index contributed by atoms with van der Waals surface area (Å²) in [5.41, 5.74) is 4.69. The number of aliphatic carboxylic acids is 1. The zero-order valence-electron chi connectivity index (χ0n) is 40.5. The second-order valence-corrected chi connectivity index (χ2v) is 18.6. The van der Waals surface area contributed by atoms with Crippen LogP contribution in [0.15, 0.2) is 23.9 Å². The number of hydrogen-bond acceptors (Lipinski definition) is 14. The van der Waals surface area contributed by atoms with Crippen LogP contribution in [0.25, 0.3) is 0 Å². The Balaban J connectivity index is 3.37. The van der Waals surface area contributed by atoms with E-state index < -0.39 is 101 Å². The van der Waals surface area contributed by atoms with Gasteiger partial charge in [0.25, 0.3) is 0 Å². The standard InChI is InChI=1S/C46H75N7O13/c1-12-23-65-36(57)20-19-30(50-35(56)18-16-21-47)41(60)52-32(24-37(58)66-45(6,7)8)42(61)49-29(5)40(59)51-31(43(62)53(11)39(44(63)64)27(3)13-2)17-14-15-22-48-28(4)38-33(54)25-46(9,10)26-34(38)55/h12,27,29-32,39,48H,1,13-26,47H2,2-11H3,(H,49,61)(H,50,56)(H,51,59)(H,52,60)(H,63,64)/t27-,29-,30-,31-,32-,39-/m0/s1. The van der Waals surface area contributed by atoms with Crippen LogP contribution >= 0.6 is 0 Å². The summed E-state index contributed by atoms with van der Waals surface area (Å²) in [6, 6.07) is -6.91. The Morgan fingerprint density at radius 1 is 0.848 bits per heavy atom. The van der Waals surface area contributed by atoms with Gasteiger partial charge in [-0.05, 0) is 84.6 Å². The molecule has 1 saturated carbocycles. The molecule has 6 atom stereocenters. The predicted molar refractivity (Wildman–Crippen MR) is 244 cm³/mol. The van der Waals surface area contributed by atoms with Crippen molar-refractivity contribution in [1.29, 1.82) is 0 Å². The fraction of sp³-hybridized carbons (Fsp3) is 0.696. The van der Waals surface area contributed by atoms with Crippen molar-refractivity contribution >= 4 is 59.0 Å². The van der Waals surface area contributed by atoms with Crippen LogP contribution in [0.1, 0.15) is 133 Å². The maximum absolute atomic E-state index is 14.0. The Morgan fingerprint density at radius 3 is 1.98 bits per heavy atom. The first-order valence-electron chi connectivity index (χ1n) is 22.6. The highest BCUT2D eigenvalue weighted by atomic mass is 16.6. The van der Waals surface area contributed by atoms with Crippen LogP contribution < -0.4 is 32.3 Å². The number of hydrogen-bond donors (Lipinski definition) is 7. The third-order valence-corrected chi connectivity index (χ3v) is 10.8. The Labute approximate surface area is 388 Å². The lowest BCUT2D eigenvalue weighted by Gasteiger charge is -2.32. The van der Waals surface area contributed by atoms with Gasteiger partial charge in [-0.2, -0.15) is 0 Å². The van der Waals surface area contributed by atoms with E-state index in [1.165, 1.54) is 20.0 Å². The van der Waals surface area contributed by atoms with Gasteiger partial charge in [-0.3, -0.25) is 43.2 Å². The molecule has 0 saturated heterocycles. The van der Waals surface area contributed by atoms with Gasteiger partial charge in [-0.25, -0.2) is 4.79 Å². The van der Waals surface area contributed by atoms with E-state index >= 15 is 0 Å². The van der Waals surface area contributed by atoms with Gasteiger partial charge in [0.2, 0.25) is 29.5 Å². The lowest BCUT2D eigenvalue weighted by molar-refractivity contribution is -0.156. The quantitative estimate of drug-likeness (QED) is 0.0194. The van der Waals surface area contributed by atoms with Crippen molar-refractivity contribution in [1.82, 2.24) is 31.5 Å². The average Bonchev–Trinajstić information content (AvgIpc) is 3.20. The first-order chi connectivity index (χ1) is 30.7.